The van der Waals surface area contributed by atoms with Gasteiger partial charge in [0.2, 0.25) is 5.91 Å². The number of carbonyl (C=O) groups is 1. The molecule has 2 N–H and O–H groups in total. The predicted octanol–water partition coefficient (Wildman–Crippen LogP) is 3.00. The van der Waals surface area contributed by atoms with Crippen LogP contribution in [0.4, 0.5) is 0 Å². The van der Waals surface area contributed by atoms with E-state index in [1.54, 1.807) is 0 Å². The van der Waals surface area contributed by atoms with E-state index in [4.69, 9.17) is 0 Å². The SMILES string of the molecule is CCC(=O)NCCc1c[nH]c2cc(Br)ccc12. The number of benzene rings is 1. The molecule has 0 saturated heterocycles. The van der Waals surface area contributed by atoms with Crippen molar-refractivity contribution in [3.63, 3.8) is 0 Å². The van der Waals surface area contributed by atoms with Gasteiger partial charge in [-0.2, -0.15) is 0 Å². The fourth-order valence-electron chi connectivity index (χ4n) is 1.83. The number of halogens is 1. The van der Waals surface area contributed by atoms with Gasteiger partial charge in [-0.25, -0.2) is 0 Å². The van der Waals surface area contributed by atoms with E-state index in [0.717, 1.165) is 16.4 Å². The Bertz CT molecular complexity index is 533. The topological polar surface area (TPSA) is 44.9 Å². The maximum absolute atomic E-state index is 11.1. The molecule has 0 fully saturated rings. The molecule has 2 rings (SSSR count). The third-order valence-corrected chi connectivity index (χ3v) is 3.26. The van der Waals surface area contributed by atoms with Crippen LogP contribution in [0.2, 0.25) is 0 Å². The van der Waals surface area contributed by atoms with Crippen LogP contribution in [0.3, 0.4) is 0 Å². The standard InChI is InChI=1S/C13H15BrN2O/c1-2-13(17)15-6-5-9-8-16-12-7-10(14)3-4-11(9)12/h3-4,7-8,16H,2,5-6H2,1H3,(H,15,17). The first-order valence-electron chi connectivity index (χ1n) is 5.73. The van der Waals surface area contributed by atoms with Gasteiger partial charge in [0.1, 0.15) is 0 Å². The summed E-state index contributed by atoms with van der Waals surface area (Å²) >= 11 is 3.45. The van der Waals surface area contributed by atoms with Crippen LogP contribution in [-0.2, 0) is 11.2 Å². The first-order chi connectivity index (χ1) is 8.20. The Morgan fingerprint density at radius 3 is 3.06 bits per heavy atom. The molecule has 0 spiro atoms. The van der Waals surface area contributed by atoms with Crippen molar-refractivity contribution in [3.05, 3.63) is 34.4 Å². The van der Waals surface area contributed by atoms with Crippen LogP contribution in [-0.4, -0.2) is 17.4 Å². The lowest BCUT2D eigenvalue weighted by Crippen LogP contribution is -2.24. The zero-order valence-electron chi connectivity index (χ0n) is 9.72. The highest BCUT2D eigenvalue weighted by Gasteiger charge is 2.04. The van der Waals surface area contributed by atoms with Gasteiger partial charge in [0, 0.05) is 34.5 Å². The maximum Gasteiger partial charge on any atom is 0.219 e. The number of aromatic amines is 1. The van der Waals surface area contributed by atoms with Crippen molar-refractivity contribution in [2.45, 2.75) is 19.8 Å². The third-order valence-electron chi connectivity index (χ3n) is 2.77. The van der Waals surface area contributed by atoms with Crippen molar-refractivity contribution in [1.29, 1.82) is 0 Å². The number of aromatic nitrogens is 1. The van der Waals surface area contributed by atoms with E-state index in [-0.39, 0.29) is 5.91 Å². The summed E-state index contributed by atoms with van der Waals surface area (Å²) < 4.78 is 1.07. The van der Waals surface area contributed by atoms with Crippen molar-refractivity contribution < 1.29 is 4.79 Å². The van der Waals surface area contributed by atoms with Gasteiger partial charge in [-0.05, 0) is 24.1 Å². The molecule has 3 nitrogen and oxygen atoms in total. The van der Waals surface area contributed by atoms with E-state index in [0.29, 0.717) is 13.0 Å². The highest BCUT2D eigenvalue weighted by molar-refractivity contribution is 9.10. The van der Waals surface area contributed by atoms with Crippen LogP contribution < -0.4 is 5.32 Å². The Balaban J connectivity index is 2.06. The highest BCUT2D eigenvalue weighted by atomic mass is 79.9. The van der Waals surface area contributed by atoms with Crippen LogP contribution >= 0.6 is 15.9 Å². The second-order valence-corrected chi connectivity index (χ2v) is 4.87. The number of nitrogens with one attached hydrogen (secondary N) is 2. The normalized spacial score (nSPS) is 10.7. The van der Waals surface area contributed by atoms with Crippen molar-refractivity contribution in [2.75, 3.05) is 6.54 Å². The molecule has 0 aliphatic rings. The molecule has 0 saturated carbocycles. The van der Waals surface area contributed by atoms with Crippen LogP contribution in [0.25, 0.3) is 10.9 Å². The molecule has 4 heteroatoms. The molecule has 17 heavy (non-hydrogen) atoms. The van der Waals surface area contributed by atoms with Gasteiger partial charge in [0.15, 0.2) is 0 Å². The number of rotatable bonds is 4. The van der Waals surface area contributed by atoms with Crippen LogP contribution in [0.5, 0.6) is 0 Å². The quantitative estimate of drug-likeness (QED) is 0.895. The van der Waals surface area contributed by atoms with Crippen molar-refractivity contribution in [2.24, 2.45) is 0 Å². The van der Waals surface area contributed by atoms with Crippen molar-refractivity contribution >= 4 is 32.7 Å². The van der Waals surface area contributed by atoms with Gasteiger partial charge in [-0.1, -0.05) is 28.9 Å². The molecule has 1 heterocycles. The average molecular weight is 295 g/mol. The summed E-state index contributed by atoms with van der Waals surface area (Å²) in [6, 6.07) is 6.18. The van der Waals surface area contributed by atoms with Crippen LogP contribution in [0.15, 0.2) is 28.9 Å². The Hall–Kier alpha value is -1.29. The van der Waals surface area contributed by atoms with Gasteiger partial charge >= 0.3 is 0 Å². The van der Waals surface area contributed by atoms with E-state index in [1.807, 2.05) is 19.2 Å². The van der Waals surface area contributed by atoms with E-state index in [9.17, 15) is 4.79 Å². The summed E-state index contributed by atoms with van der Waals surface area (Å²) in [4.78, 5) is 14.4. The van der Waals surface area contributed by atoms with Gasteiger partial charge in [0.25, 0.3) is 0 Å². The van der Waals surface area contributed by atoms with E-state index in [1.165, 1.54) is 10.9 Å². The molecule has 0 bridgehead atoms. The predicted molar refractivity (Wildman–Crippen MR) is 73.0 cm³/mol. The Morgan fingerprint density at radius 1 is 1.47 bits per heavy atom. The highest BCUT2D eigenvalue weighted by Crippen LogP contribution is 2.22. The molecule has 0 atom stereocenters. The van der Waals surface area contributed by atoms with Crippen LogP contribution in [0, 0.1) is 0 Å². The lowest BCUT2D eigenvalue weighted by atomic mass is 10.1. The second kappa shape index (κ2) is 5.36. The maximum atomic E-state index is 11.1. The summed E-state index contributed by atoms with van der Waals surface area (Å²) in [5.41, 5.74) is 2.36. The Morgan fingerprint density at radius 2 is 2.29 bits per heavy atom. The second-order valence-electron chi connectivity index (χ2n) is 3.96. The monoisotopic (exact) mass is 294 g/mol. The largest absolute Gasteiger partial charge is 0.361 e. The minimum atomic E-state index is 0.104. The molecule has 1 aromatic carbocycles. The molecule has 1 amide bonds. The molecule has 0 aliphatic carbocycles. The zero-order chi connectivity index (χ0) is 12.3. The number of amides is 1. The molecular weight excluding hydrogens is 280 g/mol. The molecule has 2 aromatic rings. The zero-order valence-corrected chi connectivity index (χ0v) is 11.3. The van der Waals surface area contributed by atoms with Gasteiger partial charge in [-0.15, -0.1) is 0 Å². The van der Waals surface area contributed by atoms with Crippen LogP contribution in [0.1, 0.15) is 18.9 Å². The number of hydrogen-bond acceptors (Lipinski definition) is 1. The molecule has 1 aromatic heterocycles. The van der Waals surface area contributed by atoms with E-state index in [2.05, 4.69) is 38.4 Å². The van der Waals surface area contributed by atoms with E-state index < -0.39 is 0 Å². The first kappa shape index (κ1) is 12.2. The lowest BCUT2D eigenvalue weighted by Gasteiger charge is -2.02. The summed E-state index contributed by atoms with van der Waals surface area (Å²) in [5, 5.41) is 4.11. The fraction of sp³-hybridized carbons (Fsp3) is 0.308. The van der Waals surface area contributed by atoms with Gasteiger partial charge in [0.05, 0.1) is 0 Å². The number of carbonyl (C=O) groups excluding carboxylic acids is 1. The minimum absolute atomic E-state index is 0.104. The fourth-order valence-corrected chi connectivity index (χ4v) is 2.19. The summed E-state index contributed by atoms with van der Waals surface area (Å²) in [7, 11) is 0. The first-order valence-corrected chi connectivity index (χ1v) is 6.52. The summed E-state index contributed by atoms with van der Waals surface area (Å²) in [5.74, 6) is 0.104. The molecular formula is C13H15BrN2O. The molecule has 0 aliphatic heterocycles. The Labute approximate surface area is 109 Å². The molecule has 0 unspecified atom stereocenters. The number of fused-ring (bicyclic) bond motifs is 1. The summed E-state index contributed by atoms with van der Waals surface area (Å²) in [6.45, 7) is 2.55. The average Bonchev–Trinajstić information content (AvgIpc) is 2.71. The van der Waals surface area contributed by atoms with Gasteiger partial charge < -0.3 is 10.3 Å². The van der Waals surface area contributed by atoms with Crippen molar-refractivity contribution in [1.82, 2.24) is 10.3 Å². The van der Waals surface area contributed by atoms with Gasteiger partial charge in [-0.3, -0.25) is 4.79 Å². The smallest absolute Gasteiger partial charge is 0.219 e. The molecule has 0 radical (unpaired) electrons. The summed E-state index contributed by atoms with van der Waals surface area (Å²) in [6.07, 6.45) is 3.41. The van der Waals surface area contributed by atoms with Crippen molar-refractivity contribution in [3.8, 4) is 0 Å². The third kappa shape index (κ3) is 2.88. The lowest BCUT2D eigenvalue weighted by molar-refractivity contribution is -0.120. The molecule has 90 valence electrons. The number of H-pyrrole nitrogens is 1. The minimum Gasteiger partial charge on any atom is -0.361 e. The number of hydrogen-bond donors (Lipinski definition) is 2. The Kier molecular flexibility index (Phi) is 3.84. The van der Waals surface area contributed by atoms with E-state index >= 15 is 0 Å².